The molecular weight excluding hydrogens is 207 g/mol. The molecular formula is C13H17FO2. The Morgan fingerprint density at radius 1 is 1.38 bits per heavy atom. The summed E-state index contributed by atoms with van der Waals surface area (Å²) >= 11 is 0. The summed E-state index contributed by atoms with van der Waals surface area (Å²) < 4.78 is 13.7. The van der Waals surface area contributed by atoms with Gasteiger partial charge in [0, 0.05) is 5.56 Å². The molecule has 0 heterocycles. The van der Waals surface area contributed by atoms with E-state index in [1.165, 1.54) is 0 Å². The number of alkyl halides is 1. The van der Waals surface area contributed by atoms with Gasteiger partial charge in [0.1, 0.15) is 0 Å². The molecule has 0 aliphatic carbocycles. The molecule has 0 aromatic heterocycles. The van der Waals surface area contributed by atoms with Gasteiger partial charge in [-0.15, -0.1) is 0 Å². The van der Waals surface area contributed by atoms with Crippen molar-refractivity contribution in [2.24, 2.45) is 5.92 Å². The Hall–Kier alpha value is -1.38. The van der Waals surface area contributed by atoms with Crippen LogP contribution in [-0.4, -0.2) is 11.1 Å². The highest BCUT2D eigenvalue weighted by Crippen LogP contribution is 2.26. The number of halogens is 1. The summed E-state index contributed by atoms with van der Waals surface area (Å²) in [7, 11) is 0. The van der Waals surface area contributed by atoms with Gasteiger partial charge in [-0.3, -0.25) is 0 Å². The third kappa shape index (κ3) is 2.81. The minimum Gasteiger partial charge on any atom is -0.479 e. The Balaban J connectivity index is 2.91. The first kappa shape index (κ1) is 12.7. The lowest BCUT2D eigenvalue weighted by Crippen LogP contribution is -2.26. The van der Waals surface area contributed by atoms with Crippen LogP contribution in [0.15, 0.2) is 24.3 Å². The number of hydrogen-bond donors (Lipinski definition) is 1. The Morgan fingerprint density at radius 3 is 2.25 bits per heavy atom. The molecule has 0 aliphatic rings. The van der Waals surface area contributed by atoms with Crippen LogP contribution in [0.5, 0.6) is 0 Å². The fourth-order valence-corrected chi connectivity index (χ4v) is 1.55. The second kappa shape index (κ2) is 4.64. The molecule has 1 atom stereocenters. The molecule has 0 saturated carbocycles. The topological polar surface area (TPSA) is 37.3 Å². The fraction of sp³-hybridized carbons (Fsp3) is 0.462. The van der Waals surface area contributed by atoms with Crippen LogP contribution in [0.4, 0.5) is 4.39 Å². The molecule has 88 valence electrons. The van der Waals surface area contributed by atoms with E-state index in [2.05, 4.69) is 13.8 Å². The molecule has 0 amide bonds. The van der Waals surface area contributed by atoms with Crippen molar-refractivity contribution >= 4 is 5.97 Å². The number of carboxylic acids is 1. The van der Waals surface area contributed by atoms with Crippen molar-refractivity contribution in [2.75, 3.05) is 0 Å². The van der Waals surface area contributed by atoms with Crippen LogP contribution < -0.4 is 0 Å². The zero-order valence-electron chi connectivity index (χ0n) is 9.83. The lowest BCUT2D eigenvalue weighted by molar-refractivity contribution is -0.150. The molecule has 2 nitrogen and oxygen atoms in total. The predicted molar refractivity (Wildman–Crippen MR) is 61.1 cm³/mol. The van der Waals surface area contributed by atoms with E-state index in [-0.39, 0.29) is 5.56 Å². The van der Waals surface area contributed by atoms with Crippen molar-refractivity contribution in [3.8, 4) is 0 Å². The zero-order valence-corrected chi connectivity index (χ0v) is 9.83. The standard InChI is InChI=1S/C13H17FO2/c1-9(2)8-10-4-6-11(7-5-10)13(3,14)12(15)16/h4-7,9H,8H2,1-3H3,(H,15,16)/t13-/m1/s1. The molecule has 0 aliphatic heterocycles. The second-order valence-corrected chi connectivity index (χ2v) is 4.60. The maximum Gasteiger partial charge on any atom is 0.345 e. The van der Waals surface area contributed by atoms with Gasteiger partial charge in [0.2, 0.25) is 5.67 Å². The fourth-order valence-electron chi connectivity index (χ4n) is 1.55. The normalized spacial score (nSPS) is 14.8. The van der Waals surface area contributed by atoms with Crippen molar-refractivity contribution in [1.82, 2.24) is 0 Å². The molecule has 1 rings (SSSR count). The van der Waals surface area contributed by atoms with Crippen molar-refractivity contribution in [3.05, 3.63) is 35.4 Å². The highest BCUT2D eigenvalue weighted by molar-refractivity contribution is 5.78. The van der Waals surface area contributed by atoms with Crippen LogP contribution in [-0.2, 0) is 16.9 Å². The molecule has 0 spiro atoms. The number of carbonyl (C=O) groups is 1. The summed E-state index contributed by atoms with van der Waals surface area (Å²) in [6, 6.07) is 6.67. The summed E-state index contributed by atoms with van der Waals surface area (Å²) in [4.78, 5) is 10.7. The van der Waals surface area contributed by atoms with E-state index in [9.17, 15) is 9.18 Å². The van der Waals surface area contributed by atoms with Crippen molar-refractivity contribution in [2.45, 2.75) is 32.9 Å². The highest BCUT2D eigenvalue weighted by Gasteiger charge is 2.34. The van der Waals surface area contributed by atoms with Crippen LogP contribution >= 0.6 is 0 Å². The molecule has 0 saturated heterocycles. The van der Waals surface area contributed by atoms with E-state index in [1.54, 1.807) is 24.3 Å². The molecule has 1 aromatic rings. The Kier molecular flexibility index (Phi) is 3.68. The summed E-state index contributed by atoms with van der Waals surface area (Å²) in [5.74, 6) is -0.925. The highest BCUT2D eigenvalue weighted by atomic mass is 19.1. The summed E-state index contributed by atoms with van der Waals surface area (Å²) in [5, 5.41) is 8.73. The lowest BCUT2D eigenvalue weighted by atomic mass is 9.95. The first-order valence-electron chi connectivity index (χ1n) is 5.35. The van der Waals surface area contributed by atoms with Crippen molar-refractivity contribution in [1.29, 1.82) is 0 Å². The largest absolute Gasteiger partial charge is 0.479 e. The average molecular weight is 224 g/mol. The number of rotatable bonds is 4. The lowest BCUT2D eigenvalue weighted by Gasteiger charge is -2.16. The van der Waals surface area contributed by atoms with Crippen LogP contribution in [0.25, 0.3) is 0 Å². The predicted octanol–water partition coefficient (Wildman–Crippen LogP) is 3.15. The average Bonchev–Trinajstić information content (AvgIpc) is 2.17. The quantitative estimate of drug-likeness (QED) is 0.853. The summed E-state index contributed by atoms with van der Waals surface area (Å²) in [6.45, 7) is 5.27. The van der Waals surface area contributed by atoms with Gasteiger partial charge in [-0.25, -0.2) is 9.18 Å². The van der Waals surface area contributed by atoms with E-state index < -0.39 is 11.6 Å². The molecule has 0 fully saturated rings. The molecule has 16 heavy (non-hydrogen) atoms. The van der Waals surface area contributed by atoms with Crippen LogP contribution in [0.2, 0.25) is 0 Å². The molecule has 0 radical (unpaired) electrons. The van der Waals surface area contributed by atoms with Gasteiger partial charge < -0.3 is 5.11 Å². The third-order valence-electron chi connectivity index (χ3n) is 2.54. The monoisotopic (exact) mass is 224 g/mol. The summed E-state index contributed by atoms with van der Waals surface area (Å²) in [6.07, 6.45) is 0.913. The zero-order chi connectivity index (χ0) is 12.3. The van der Waals surface area contributed by atoms with E-state index in [4.69, 9.17) is 5.11 Å². The molecule has 1 aromatic carbocycles. The van der Waals surface area contributed by atoms with E-state index in [1.807, 2.05) is 0 Å². The van der Waals surface area contributed by atoms with Gasteiger partial charge in [-0.1, -0.05) is 38.1 Å². The van der Waals surface area contributed by atoms with Crippen molar-refractivity contribution in [3.63, 3.8) is 0 Å². The smallest absolute Gasteiger partial charge is 0.345 e. The first-order valence-corrected chi connectivity index (χ1v) is 5.35. The maximum absolute atomic E-state index is 13.7. The minimum atomic E-state index is -2.31. The Morgan fingerprint density at radius 2 is 1.88 bits per heavy atom. The van der Waals surface area contributed by atoms with Crippen LogP contribution in [0, 0.1) is 5.92 Å². The Bertz CT molecular complexity index is 366. The van der Waals surface area contributed by atoms with E-state index in [0.717, 1.165) is 18.9 Å². The Labute approximate surface area is 95.1 Å². The van der Waals surface area contributed by atoms with Crippen LogP contribution in [0.1, 0.15) is 31.9 Å². The second-order valence-electron chi connectivity index (χ2n) is 4.60. The molecule has 1 N–H and O–H groups in total. The number of aliphatic carboxylic acids is 1. The first-order chi connectivity index (χ1) is 7.34. The van der Waals surface area contributed by atoms with Gasteiger partial charge in [-0.2, -0.15) is 0 Å². The SMILES string of the molecule is CC(C)Cc1ccc([C@@](C)(F)C(=O)O)cc1. The maximum atomic E-state index is 13.7. The minimum absolute atomic E-state index is 0.188. The van der Waals surface area contributed by atoms with Crippen molar-refractivity contribution < 1.29 is 14.3 Å². The summed E-state index contributed by atoms with van der Waals surface area (Å²) in [5.41, 5.74) is -1.02. The number of hydrogen-bond acceptors (Lipinski definition) is 1. The molecule has 0 bridgehead atoms. The van der Waals surface area contributed by atoms with Gasteiger partial charge in [-0.05, 0) is 24.8 Å². The third-order valence-corrected chi connectivity index (χ3v) is 2.54. The van der Waals surface area contributed by atoms with E-state index >= 15 is 0 Å². The van der Waals surface area contributed by atoms with Gasteiger partial charge >= 0.3 is 5.97 Å². The van der Waals surface area contributed by atoms with Crippen LogP contribution in [0.3, 0.4) is 0 Å². The number of benzene rings is 1. The molecule has 0 unspecified atom stereocenters. The van der Waals surface area contributed by atoms with E-state index in [0.29, 0.717) is 5.92 Å². The van der Waals surface area contributed by atoms with Gasteiger partial charge in [0.15, 0.2) is 0 Å². The number of carboxylic acid groups (broad SMARTS) is 1. The molecule has 3 heteroatoms. The van der Waals surface area contributed by atoms with Gasteiger partial charge in [0.25, 0.3) is 0 Å². The van der Waals surface area contributed by atoms with Gasteiger partial charge in [0.05, 0.1) is 0 Å².